The second kappa shape index (κ2) is 3.48. The van der Waals surface area contributed by atoms with Crippen LogP contribution in [0.5, 0.6) is 0 Å². The summed E-state index contributed by atoms with van der Waals surface area (Å²) < 4.78 is 52.0. The Kier molecular flexibility index (Phi) is 2.69. The average Bonchev–Trinajstić information content (AvgIpc) is 2.11. The van der Waals surface area contributed by atoms with Gasteiger partial charge in [-0.1, -0.05) is 0 Å². The van der Waals surface area contributed by atoms with E-state index in [1.165, 1.54) is 14.1 Å². The van der Waals surface area contributed by atoms with Gasteiger partial charge in [-0.25, -0.2) is 17.6 Å². The standard InChI is InChI=1S/C9H8F4N/c1-4-5(10)7(12)9(14(2)3)8(13)6(4)11/h1H2,2-3H3. The van der Waals surface area contributed by atoms with Crippen LogP contribution in [0.3, 0.4) is 0 Å². The molecule has 1 rings (SSSR count). The summed E-state index contributed by atoms with van der Waals surface area (Å²) in [5, 5.41) is 0. The van der Waals surface area contributed by atoms with Gasteiger partial charge in [-0.15, -0.1) is 0 Å². The third-order valence-electron chi connectivity index (χ3n) is 1.78. The Morgan fingerprint density at radius 2 is 1.21 bits per heavy atom. The first-order chi connectivity index (χ1) is 6.37. The summed E-state index contributed by atoms with van der Waals surface area (Å²) in [5.41, 5.74) is -1.64. The monoisotopic (exact) mass is 206 g/mol. The number of anilines is 1. The summed E-state index contributed by atoms with van der Waals surface area (Å²) in [6.45, 7) is 2.89. The molecule has 0 heterocycles. The highest BCUT2D eigenvalue weighted by Gasteiger charge is 2.23. The molecule has 0 saturated carbocycles. The van der Waals surface area contributed by atoms with Gasteiger partial charge in [0.15, 0.2) is 23.3 Å². The quantitative estimate of drug-likeness (QED) is 0.504. The first kappa shape index (κ1) is 10.8. The first-order valence-electron chi connectivity index (χ1n) is 3.73. The van der Waals surface area contributed by atoms with Crippen LogP contribution in [0.1, 0.15) is 5.56 Å². The van der Waals surface area contributed by atoms with Crippen molar-refractivity contribution < 1.29 is 17.6 Å². The van der Waals surface area contributed by atoms with E-state index in [0.717, 1.165) is 4.90 Å². The molecule has 0 aliphatic rings. The maximum Gasteiger partial charge on any atom is 0.185 e. The molecule has 0 atom stereocenters. The van der Waals surface area contributed by atoms with Crippen molar-refractivity contribution in [1.82, 2.24) is 0 Å². The molecule has 0 bridgehead atoms. The number of rotatable bonds is 1. The number of nitrogens with zero attached hydrogens (tertiary/aromatic N) is 1. The molecule has 1 radical (unpaired) electrons. The fourth-order valence-corrected chi connectivity index (χ4v) is 1.06. The predicted molar refractivity (Wildman–Crippen MR) is 45.1 cm³/mol. The summed E-state index contributed by atoms with van der Waals surface area (Å²) in [6.07, 6.45) is 0. The second-order valence-corrected chi connectivity index (χ2v) is 2.98. The van der Waals surface area contributed by atoms with Crippen LogP contribution >= 0.6 is 0 Å². The van der Waals surface area contributed by atoms with Gasteiger partial charge in [-0.2, -0.15) is 0 Å². The molecule has 0 aliphatic carbocycles. The van der Waals surface area contributed by atoms with Gasteiger partial charge in [-0.3, -0.25) is 0 Å². The molecule has 0 fully saturated rings. The number of hydrogen-bond donors (Lipinski definition) is 0. The van der Waals surface area contributed by atoms with Crippen LogP contribution in [0, 0.1) is 30.2 Å². The number of benzene rings is 1. The molecular formula is C9H8F4N. The molecule has 14 heavy (non-hydrogen) atoms. The summed E-state index contributed by atoms with van der Waals surface area (Å²) in [4.78, 5) is 0.955. The van der Waals surface area contributed by atoms with Crippen molar-refractivity contribution in [2.75, 3.05) is 19.0 Å². The minimum atomic E-state index is -1.47. The Morgan fingerprint density at radius 3 is 1.50 bits per heavy atom. The zero-order valence-corrected chi connectivity index (χ0v) is 7.67. The van der Waals surface area contributed by atoms with Gasteiger partial charge in [0.25, 0.3) is 0 Å². The summed E-state index contributed by atoms with van der Waals surface area (Å²) in [7, 11) is 2.56. The van der Waals surface area contributed by atoms with Gasteiger partial charge in [0, 0.05) is 19.7 Å². The lowest BCUT2D eigenvalue weighted by Crippen LogP contribution is -2.16. The van der Waals surface area contributed by atoms with Gasteiger partial charge in [0.1, 0.15) is 5.69 Å². The van der Waals surface area contributed by atoms with Crippen LogP contribution < -0.4 is 4.90 Å². The number of halogens is 4. The largest absolute Gasteiger partial charge is 0.373 e. The smallest absolute Gasteiger partial charge is 0.185 e. The highest BCUT2D eigenvalue weighted by molar-refractivity contribution is 5.51. The van der Waals surface area contributed by atoms with Crippen molar-refractivity contribution in [2.45, 2.75) is 0 Å². The van der Waals surface area contributed by atoms with Crippen molar-refractivity contribution >= 4 is 5.69 Å². The molecular weight excluding hydrogens is 198 g/mol. The fraction of sp³-hybridized carbons (Fsp3) is 0.222. The lowest BCUT2D eigenvalue weighted by Gasteiger charge is -2.16. The molecule has 5 heteroatoms. The zero-order chi connectivity index (χ0) is 11.0. The SMILES string of the molecule is [CH2]c1c(F)c(F)c(N(C)C)c(F)c1F. The molecule has 0 aliphatic heterocycles. The van der Waals surface area contributed by atoms with E-state index in [2.05, 4.69) is 6.92 Å². The molecule has 1 aromatic rings. The summed E-state index contributed by atoms with van der Waals surface area (Å²) in [5.74, 6) is -5.79. The lowest BCUT2D eigenvalue weighted by molar-refractivity contribution is 0.450. The van der Waals surface area contributed by atoms with E-state index in [1.54, 1.807) is 0 Å². The topological polar surface area (TPSA) is 3.24 Å². The van der Waals surface area contributed by atoms with Crippen molar-refractivity contribution in [3.05, 3.63) is 35.8 Å². The normalized spacial score (nSPS) is 10.5. The third-order valence-corrected chi connectivity index (χ3v) is 1.78. The molecule has 1 nitrogen and oxygen atoms in total. The molecule has 0 saturated heterocycles. The molecule has 0 amide bonds. The average molecular weight is 206 g/mol. The van der Waals surface area contributed by atoms with E-state index in [-0.39, 0.29) is 0 Å². The maximum atomic E-state index is 13.1. The summed E-state index contributed by atoms with van der Waals surface area (Å²) >= 11 is 0. The number of hydrogen-bond acceptors (Lipinski definition) is 1. The molecule has 77 valence electrons. The Bertz CT molecular complexity index is 345. The van der Waals surface area contributed by atoms with Gasteiger partial charge in [-0.05, 0) is 6.92 Å². The highest BCUT2D eigenvalue weighted by Crippen LogP contribution is 2.28. The van der Waals surface area contributed by atoms with Crippen LogP contribution in [-0.4, -0.2) is 14.1 Å². The van der Waals surface area contributed by atoms with Crippen LogP contribution in [0.15, 0.2) is 0 Å². The molecule has 0 spiro atoms. The second-order valence-electron chi connectivity index (χ2n) is 2.98. The van der Waals surface area contributed by atoms with Crippen molar-refractivity contribution in [2.24, 2.45) is 0 Å². The lowest BCUT2D eigenvalue weighted by atomic mass is 10.1. The van der Waals surface area contributed by atoms with Crippen LogP contribution in [0.2, 0.25) is 0 Å². The van der Waals surface area contributed by atoms with E-state index in [0.29, 0.717) is 0 Å². The van der Waals surface area contributed by atoms with Gasteiger partial charge in [0.2, 0.25) is 0 Å². The zero-order valence-electron chi connectivity index (χ0n) is 7.67. The molecule has 1 aromatic carbocycles. The van der Waals surface area contributed by atoms with E-state index in [4.69, 9.17) is 0 Å². The Morgan fingerprint density at radius 1 is 0.857 bits per heavy atom. The van der Waals surface area contributed by atoms with E-state index in [9.17, 15) is 17.6 Å². The molecule has 0 aromatic heterocycles. The summed E-state index contributed by atoms with van der Waals surface area (Å²) in [6, 6.07) is 0. The fourth-order valence-electron chi connectivity index (χ4n) is 1.06. The Hall–Kier alpha value is -1.26. The van der Waals surface area contributed by atoms with Crippen molar-refractivity contribution in [3.63, 3.8) is 0 Å². The van der Waals surface area contributed by atoms with E-state index < -0.39 is 34.5 Å². The maximum absolute atomic E-state index is 13.1. The Labute approximate surface area is 78.9 Å². The van der Waals surface area contributed by atoms with Crippen LogP contribution in [-0.2, 0) is 0 Å². The van der Waals surface area contributed by atoms with Gasteiger partial charge in [0.05, 0.1) is 0 Å². The highest BCUT2D eigenvalue weighted by atomic mass is 19.2. The van der Waals surface area contributed by atoms with Crippen LogP contribution in [0.4, 0.5) is 23.2 Å². The predicted octanol–water partition coefficient (Wildman–Crippen LogP) is 2.49. The van der Waals surface area contributed by atoms with Crippen molar-refractivity contribution in [1.29, 1.82) is 0 Å². The minimum absolute atomic E-state index is 0.743. The first-order valence-corrected chi connectivity index (χ1v) is 3.73. The van der Waals surface area contributed by atoms with E-state index >= 15 is 0 Å². The molecule has 0 unspecified atom stereocenters. The third kappa shape index (κ3) is 1.42. The van der Waals surface area contributed by atoms with Crippen molar-refractivity contribution in [3.8, 4) is 0 Å². The minimum Gasteiger partial charge on any atom is -0.373 e. The van der Waals surface area contributed by atoms with Crippen LogP contribution in [0.25, 0.3) is 0 Å². The van der Waals surface area contributed by atoms with Gasteiger partial charge >= 0.3 is 0 Å². The molecule has 0 N–H and O–H groups in total. The van der Waals surface area contributed by atoms with Gasteiger partial charge < -0.3 is 4.90 Å². The Balaban J connectivity index is 3.60. The van der Waals surface area contributed by atoms with E-state index in [1.807, 2.05) is 0 Å².